The van der Waals surface area contributed by atoms with Crippen LogP contribution in [-0.4, -0.2) is 79.1 Å². The van der Waals surface area contributed by atoms with E-state index in [2.05, 4.69) is 36.0 Å². The molecule has 0 saturated carbocycles. The summed E-state index contributed by atoms with van der Waals surface area (Å²) in [5, 5.41) is 3.33. The molecule has 0 aromatic heterocycles. The summed E-state index contributed by atoms with van der Waals surface area (Å²) in [7, 11) is -3.01. The van der Waals surface area contributed by atoms with E-state index in [1.54, 1.807) is 4.31 Å². The molecular weight excluding hydrogens is 320 g/mol. The lowest BCUT2D eigenvalue weighted by Crippen LogP contribution is -2.51. The van der Waals surface area contributed by atoms with Gasteiger partial charge in [-0.2, -0.15) is 11.8 Å². The molecule has 2 aliphatic heterocycles. The van der Waals surface area contributed by atoms with Crippen molar-refractivity contribution in [2.24, 2.45) is 4.99 Å². The van der Waals surface area contributed by atoms with Crippen LogP contribution in [0.4, 0.5) is 0 Å². The van der Waals surface area contributed by atoms with Gasteiger partial charge in [0.2, 0.25) is 10.0 Å². The second-order valence-corrected chi connectivity index (χ2v) is 10.2. The number of nitrogens with one attached hydrogen (secondary N) is 1. The molecule has 0 bridgehead atoms. The van der Waals surface area contributed by atoms with E-state index in [0.717, 1.165) is 37.8 Å². The number of hydrogen-bond acceptors (Lipinski definition) is 4. The third kappa shape index (κ3) is 4.76. The third-order valence-corrected chi connectivity index (χ3v) is 7.13. The molecule has 0 atom stereocenters. The second kappa shape index (κ2) is 7.40. The minimum atomic E-state index is -3.01. The van der Waals surface area contributed by atoms with Crippen molar-refractivity contribution < 1.29 is 8.42 Å². The molecule has 0 aromatic rings. The van der Waals surface area contributed by atoms with Crippen molar-refractivity contribution in [2.75, 3.05) is 50.8 Å². The highest BCUT2D eigenvalue weighted by Gasteiger charge is 2.29. The Morgan fingerprint density at radius 3 is 2.73 bits per heavy atom. The molecule has 0 aromatic carbocycles. The van der Waals surface area contributed by atoms with Crippen LogP contribution in [0.5, 0.6) is 0 Å². The summed E-state index contributed by atoms with van der Waals surface area (Å²) < 4.78 is 25.4. The quantitative estimate of drug-likeness (QED) is 0.602. The van der Waals surface area contributed by atoms with E-state index in [4.69, 9.17) is 0 Å². The molecule has 0 amide bonds. The van der Waals surface area contributed by atoms with Gasteiger partial charge in [-0.1, -0.05) is 0 Å². The standard InChI is InChI=1S/C14H28N4O2S2/c1-4-15-13(17-9-10-21-14(2,3)12-17)16-6-8-18-7-5-11-22(18,19)20/h4-12H2,1-3H3,(H,15,16). The SMILES string of the molecule is CCNC(=NCCN1CCCS1(=O)=O)N1CCSC(C)(C)C1. The maximum atomic E-state index is 11.8. The average Bonchev–Trinajstić information content (AvgIpc) is 2.76. The maximum absolute atomic E-state index is 11.8. The van der Waals surface area contributed by atoms with Crippen molar-refractivity contribution in [3.8, 4) is 0 Å². The fourth-order valence-electron chi connectivity index (χ4n) is 2.83. The normalized spacial score (nSPS) is 25.4. The van der Waals surface area contributed by atoms with Crippen molar-refractivity contribution in [3.63, 3.8) is 0 Å². The van der Waals surface area contributed by atoms with E-state index in [1.807, 2.05) is 11.8 Å². The number of thioether (sulfide) groups is 1. The number of aliphatic imine (C=N–C) groups is 1. The topological polar surface area (TPSA) is 65.0 Å². The largest absolute Gasteiger partial charge is 0.357 e. The summed E-state index contributed by atoms with van der Waals surface area (Å²) in [5.74, 6) is 2.29. The summed E-state index contributed by atoms with van der Waals surface area (Å²) >= 11 is 1.99. The van der Waals surface area contributed by atoms with Crippen molar-refractivity contribution in [2.45, 2.75) is 31.9 Å². The summed E-state index contributed by atoms with van der Waals surface area (Å²) in [6, 6.07) is 0. The molecule has 2 aliphatic rings. The number of sulfonamides is 1. The van der Waals surface area contributed by atoms with Crippen LogP contribution in [0.2, 0.25) is 0 Å². The van der Waals surface area contributed by atoms with Gasteiger partial charge in [0, 0.05) is 43.2 Å². The summed E-state index contributed by atoms with van der Waals surface area (Å²) in [6.45, 7) is 11.0. The first-order valence-corrected chi connectivity index (χ1v) is 10.6. The first-order valence-electron chi connectivity index (χ1n) is 7.99. The Balaban J connectivity index is 1.95. The van der Waals surface area contributed by atoms with Crippen molar-refractivity contribution in [3.05, 3.63) is 0 Å². The van der Waals surface area contributed by atoms with Gasteiger partial charge < -0.3 is 10.2 Å². The molecule has 2 rings (SSSR count). The van der Waals surface area contributed by atoms with Crippen LogP contribution in [0, 0.1) is 0 Å². The molecule has 0 aliphatic carbocycles. The van der Waals surface area contributed by atoms with Crippen molar-refractivity contribution in [1.29, 1.82) is 0 Å². The van der Waals surface area contributed by atoms with Crippen LogP contribution < -0.4 is 5.32 Å². The van der Waals surface area contributed by atoms with Gasteiger partial charge >= 0.3 is 0 Å². The molecule has 0 spiro atoms. The van der Waals surface area contributed by atoms with E-state index in [0.29, 0.717) is 19.6 Å². The highest BCUT2D eigenvalue weighted by Crippen LogP contribution is 2.29. The fourth-order valence-corrected chi connectivity index (χ4v) is 5.46. The van der Waals surface area contributed by atoms with Gasteiger partial charge in [-0.3, -0.25) is 4.99 Å². The van der Waals surface area contributed by atoms with Gasteiger partial charge in [0.15, 0.2) is 5.96 Å². The molecular formula is C14H28N4O2S2. The van der Waals surface area contributed by atoms with E-state index in [1.165, 1.54) is 0 Å². The molecule has 8 heteroatoms. The van der Waals surface area contributed by atoms with E-state index in [9.17, 15) is 8.42 Å². The van der Waals surface area contributed by atoms with Crippen molar-refractivity contribution in [1.82, 2.24) is 14.5 Å². The Morgan fingerprint density at radius 2 is 2.14 bits per heavy atom. The molecule has 6 nitrogen and oxygen atoms in total. The number of nitrogens with zero attached hydrogens (tertiary/aromatic N) is 3. The predicted octanol–water partition coefficient (Wildman–Crippen LogP) is 0.815. The monoisotopic (exact) mass is 348 g/mol. The molecule has 1 N–H and O–H groups in total. The van der Waals surface area contributed by atoms with Crippen LogP contribution in [0.1, 0.15) is 27.2 Å². The highest BCUT2D eigenvalue weighted by molar-refractivity contribution is 8.00. The lowest BCUT2D eigenvalue weighted by Gasteiger charge is -2.39. The molecule has 22 heavy (non-hydrogen) atoms. The first kappa shape index (κ1) is 17.9. The molecule has 2 heterocycles. The molecule has 0 unspecified atom stereocenters. The Hall–Kier alpha value is -0.470. The van der Waals surface area contributed by atoms with Gasteiger partial charge in [-0.05, 0) is 27.2 Å². The molecule has 128 valence electrons. The van der Waals surface area contributed by atoms with Crippen LogP contribution in [0.15, 0.2) is 4.99 Å². The first-order chi connectivity index (χ1) is 10.3. The van der Waals surface area contributed by atoms with Crippen molar-refractivity contribution >= 4 is 27.7 Å². The van der Waals surface area contributed by atoms with Gasteiger partial charge in [-0.25, -0.2) is 12.7 Å². The zero-order valence-corrected chi connectivity index (χ0v) is 15.5. The third-order valence-electron chi connectivity index (χ3n) is 3.87. The molecule has 2 saturated heterocycles. The fraction of sp³-hybridized carbons (Fsp3) is 0.929. The zero-order valence-electron chi connectivity index (χ0n) is 13.8. The summed E-state index contributed by atoms with van der Waals surface area (Å²) in [4.78, 5) is 6.94. The zero-order chi connectivity index (χ0) is 16.2. The van der Waals surface area contributed by atoms with Gasteiger partial charge in [0.25, 0.3) is 0 Å². The highest BCUT2D eigenvalue weighted by atomic mass is 32.2. The molecule has 0 radical (unpaired) electrons. The summed E-state index contributed by atoms with van der Waals surface area (Å²) in [6.07, 6.45) is 0.740. The van der Waals surface area contributed by atoms with E-state index in [-0.39, 0.29) is 10.5 Å². The summed E-state index contributed by atoms with van der Waals surface area (Å²) in [5.41, 5.74) is 0. The predicted molar refractivity (Wildman–Crippen MR) is 94.1 cm³/mol. The van der Waals surface area contributed by atoms with Crippen LogP contribution in [-0.2, 0) is 10.0 Å². The Morgan fingerprint density at radius 1 is 1.36 bits per heavy atom. The molecule has 2 fully saturated rings. The number of guanidine groups is 1. The van der Waals surface area contributed by atoms with E-state index >= 15 is 0 Å². The van der Waals surface area contributed by atoms with Crippen LogP contribution in [0.25, 0.3) is 0 Å². The minimum Gasteiger partial charge on any atom is -0.357 e. The van der Waals surface area contributed by atoms with Crippen LogP contribution in [0.3, 0.4) is 0 Å². The number of hydrogen-bond donors (Lipinski definition) is 1. The maximum Gasteiger partial charge on any atom is 0.214 e. The Bertz CT molecular complexity index is 505. The van der Waals surface area contributed by atoms with Gasteiger partial charge in [-0.15, -0.1) is 0 Å². The minimum absolute atomic E-state index is 0.229. The number of rotatable bonds is 4. The second-order valence-electron chi connectivity index (χ2n) is 6.33. The Labute approximate surface area is 138 Å². The smallest absolute Gasteiger partial charge is 0.214 e. The lowest BCUT2D eigenvalue weighted by molar-refractivity contribution is 0.374. The van der Waals surface area contributed by atoms with Crippen LogP contribution >= 0.6 is 11.8 Å². The van der Waals surface area contributed by atoms with Gasteiger partial charge in [0.05, 0.1) is 12.3 Å². The average molecular weight is 349 g/mol. The lowest BCUT2D eigenvalue weighted by atomic mass is 10.2. The van der Waals surface area contributed by atoms with Gasteiger partial charge in [0.1, 0.15) is 0 Å². The Kier molecular flexibility index (Phi) is 6.01. The van der Waals surface area contributed by atoms with E-state index < -0.39 is 10.0 Å².